The van der Waals surface area contributed by atoms with E-state index >= 15 is 0 Å². The van der Waals surface area contributed by atoms with Crippen molar-refractivity contribution < 1.29 is 0 Å². The number of piperidine rings is 1. The molecule has 5 heteroatoms. The number of nitrogens with two attached hydrogens (primary N) is 1. The lowest BCUT2D eigenvalue weighted by atomic mass is 9.91. The van der Waals surface area contributed by atoms with Crippen LogP contribution in [-0.4, -0.2) is 29.1 Å². The summed E-state index contributed by atoms with van der Waals surface area (Å²) >= 11 is 1.72. The zero-order chi connectivity index (χ0) is 12.5. The second-order valence-corrected chi connectivity index (χ2v) is 5.93. The highest BCUT2D eigenvalue weighted by atomic mass is 32.1. The maximum atomic E-state index is 5.98. The van der Waals surface area contributed by atoms with E-state index in [0.29, 0.717) is 12.0 Å². The number of aromatic nitrogens is 2. The first-order valence-corrected chi connectivity index (χ1v) is 7.32. The van der Waals surface area contributed by atoms with Crippen LogP contribution in [0, 0.1) is 5.92 Å². The molecule has 0 bridgehead atoms. The van der Waals surface area contributed by atoms with Gasteiger partial charge < -0.3 is 10.6 Å². The van der Waals surface area contributed by atoms with Gasteiger partial charge in [0.25, 0.3) is 0 Å². The van der Waals surface area contributed by atoms with Crippen LogP contribution >= 0.6 is 11.3 Å². The fourth-order valence-corrected chi connectivity index (χ4v) is 3.50. The molecule has 0 radical (unpaired) electrons. The Bertz CT molecular complexity index is 529. The van der Waals surface area contributed by atoms with E-state index in [1.165, 1.54) is 4.70 Å². The summed E-state index contributed by atoms with van der Waals surface area (Å²) in [4.78, 5) is 11.1. The summed E-state index contributed by atoms with van der Waals surface area (Å²) in [5.74, 6) is 1.75. The van der Waals surface area contributed by atoms with E-state index < -0.39 is 0 Å². The minimum Gasteiger partial charge on any atom is -0.355 e. The molecule has 18 heavy (non-hydrogen) atoms. The lowest BCUT2D eigenvalue weighted by Crippen LogP contribution is -2.40. The van der Waals surface area contributed by atoms with Crippen LogP contribution in [0.3, 0.4) is 0 Å². The molecule has 1 aliphatic rings. The smallest absolute Gasteiger partial charge is 0.150 e. The van der Waals surface area contributed by atoms with Crippen LogP contribution in [0.1, 0.15) is 19.8 Å². The molecule has 0 saturated carbocycles. The fourth-order valence-electron chi connectivity index (χ4n) is 2.64. The molecule has 2 aromatic rings. The van der Waals surface area contributed by atoms with Crippen molar-refractivity contribution in [2.24, 2.45) is 11.7 Å². The minimum atomic E-state index is 0.305. The van der Waals surface area contributed by atoms with E-state index in [1.54, 1.807) is 17.7 Å². The Labute approximate surface area is 111 Å². The van der Waals surface area contributed by atoms with Gasteiger partial charge in [-0.15, -0.1) is 11.3 Å². The molecule has 3 rings (SSSR count). The summed E-state index contributed by atoms with van der Waals surface area (Å²) in [5.41, 5.74) is 7.04. The van der Waals surface area contributed by atoms with Crippen molar-refractivity contribution in [3.63, 3.8) is 0 Å². The summed E-state index contributed by atoms with van der Waals surface area (Å²) in [6, 6.07) is 2.36. The maximum Gasteiger partial charge on any atom is 0.150 e. The Hall–Kier alpha value is -1.20. The highest BCUT2D eigenvalue weighted by Crippen LogP contribution is 2.31. The van der Waals surface area contributed by atoms with Crippen LogP contribution in [0.25, 0.3) is 10.2 Å². The van der Waals surface area contributed by atoms with Crippen molar-refractivity contribution in [3.8, 4) is 0 Å². The molecule has 1 atom stereocenters. The average molecular weight is 262 g/mol. The lowest BCUT2D eigenvalue weighted by Gasteiger charge is -2.34. The number of hydrogen-bond acceptors (Lipinski definition) is 5. The van der Waals surface area contributed by atoms with Gasteiger partial charge in [0, 0.05) is 19.1 Å². The molecule has 2 aromatic heterocycles. The number of rotatable bonds is 2. The van der Waals surface area contributed by atoms with Crippen molar-refractivity contribution >= 4 is 27.4 Å². The van der Waals surface area contributed by atoms with Crippen molar-refractivity contribution in [2.75, 3.05) is 18.0 Å². The van der Waals surface area contributed by atoms with Gasteiger partial charge >= 0.3 is 0 Å². The number of nitrogens with zero attached hydrogens (tertiary/aromatic N) is 3. The first kappa shape index (κ1) is 11.9. The van der Waals surface area contributed by atoms with Gasteiger partial charge in [0.15, 0.2) is 0 Å². The van der Waals surface area contributed by atoms with Gasteiger partial charge in [-0.05, 0) is 37.1 Å². The van der Waals surface area contributed by atoms with Crippen LogP contribution in [0.15, 0.2) is 17.8 Å². The first-order valence-electron chi connectivity index (χ1n) is 6.44. The molecular weight excluding hydrogens is 244 g/mol. The summed E-state index contributed by atoms with van der Waals surface area (Å²) in [5, 5.41) is 2.08. The van der Waals surface area contributed by atoms with Crippen LogP contribution in [0.2, 0.25) is 0 Å². The third kappa shape index (κ3) is 2.08. The molecule has 0 spiro atoms. The molecule has 0 amide bonds. The standard InChI is InChI=1S/C13H18N4S/c1-9(14)10-2-5-17(6-3-10)13-12-11(4-7-18-12)15-8-16-13/h4,7-10H,2-3,5-6,14H2,1H3. The van der Waals surface area contributed by atoms with Crippen LogP contribution < -0.4 is 10.6 Å². The van der Waals surface area contributed by atoms with Crippen LogP contribution in [0.5, 0.6) is 0 Å². The van der Waals surface area contributed by atoms with Crippen molar-refractivity contribution in [3.05, 3.63) is 17.8 Å². The van der Waals surface area contributed by atoms with Gasteiger partial charge in [-0.1, -0.05) is 0 Å². The van der Waals surface area contributed by atoms with E-state index in [1.807, 2.05) is 0 Å². The first-order chi connectivity index (χ1) is 8.75. The quantitative estimate of drug-likeness (QED) is 0.902. The minimum absolute atomic E-state index is 0.305. The number of anilines is 1. The zero-order valence-electron chi connectivity index (χ0n) is 10.5. The average Bonchev–Trinajstić information content (AvgIpc) is 2.87. The Morgan fingerprint density at radius 3 is 2.89 bits per heavy atom. The predicted octanol–water partition coefficient (Wildman–Crippen LogP) is 2.25. The molecule has 1 saturated heterocycles. The molecule has 0 aromatic carbocycles. The maximum absolute atomic E-state index is 5.98. The summed E-state index contributed by atoms with van der Waals surface area (Å²) in [7, 11) is 0. The number of hydrogen-bond donors (Lipinski definition) is 1. The van der Waals surface area contributed by atoms with Gasteiger partial charge in [0.05, 0.1) is 10.2 Å². The Morgan fingerprint density at radius 1 is 1.39 bits per heavy atom. The topological polar surface area (TPSA) is 55.0 Å². The number of thiophene rings is 1. The van der Waals surface area contributed by atoms with Crippen molar-refractivity contribution in [2.45, 2.75) is 25.8 Å². The van der Waals surface area contributed by atoms with E-state index in [0.717, 1.165) is 37.3 Å². The normalized spacial score (nSPS) is 19.3. The van der Waals surface area contributed by atoms with Crippen molar-refractivity contribution in [1.82, 2.24) is 9.97 Å². The van der Waals surface area contributed by atoms with Crippen molar-refractivity contribution in [1.29, 1.82) is 0 Å². The highest BCUT2D eigenvalue weighted by molar-refractivity contribution is 7.17. The van der Waals surface area contributed by atoms with E-state index in [-0.39, 0.29) is 0 Å². The SMILES string of the molecule is CC(N)C1CCN(c2ncnc3ccsc23)CC1. The Kier molecular flexibility index (Phi) is 3.18. The van der Waals surface area contributed by atoms with Gasteiger partial charge in [-0.2, -0.15) is 0 Å². The summed E-state index contributed by atoms with van der Waals surface area (Å²) < 4.78 is 1.21. The molecule has 2 N–H and O–H groups in total. The number of fused-ring (bicyclic) bond motifs is 1. The molecule has 1 aliphatic heterocycles. The molecule has 0 aliphatic carbocycles. The molecule has 1 fully saturated rings. The monoisotopic (exact) mass is 262 g/mol. The predicted molar refractivity (Wildman–Crippen MR) is 76.0 cm³/mol. The third-order valence-corrected chi connectivity index (χ3v) is 4.71. The Morgan fingerprint density at radius 2 is 2.17 bits per heavy atom. The van der Waals surface area contributed by atoms with Gasteiger partial charge in [-0.25, -0.2) is 9.97 Å². The van der Waals surface area contributed by atoms with E-state index in [4.69, 9.17) is 5.73 Å². The van der Waals surface area contributed by atoms with Gasteiger partial charge in [0.1, 0.15) is 12.1 Å². The second-order valence-electron chi connectivity index (χ2n) is 5.02. The summed E-state index contributed by atoms with van der Waals surface area (Å²) in [6.07, 6.45) is 3.99. The second kappa shape index (κ2) is 4.82. The van der Waals surface area contributed by atoms with Crippen LogP contribution in [0.4, 0.5) is 5.82 Å². The fraction of sp³-hybridized carbons (Fsp3) is 0.538. The van der Waals surface area contributed by atoms with E-state index in [2.05, 4.69) is 33.2 Å². The third-order valence-electron chi connectivity index (χ3n) is 3.81. The van der Waals surface area contributed by atoms with Gasteiger partial charge in [0.2, 0.25) is 0 Å². The molecule has 3 heterocycles. The van der Waals surface area contributed by atoms with Gasteiger partial charge in [-0.3, -0.25) is 0 Å². The highest BCUT2D eigenvalue weighted by Gasteiger charge is 2.23. The van der Waals surface area contributed by atoms with E-state index in [9.17, 15) is 0 Å². The zero-order valence-corrected chi connectivity index (χ0v) is 11.4. The molecular formula is C13H18N4S. The summed E-state index contributed by atoms with van der Waals surface area (Å²) in [6.45, 7) is 4.22. The largest absolute Gasteiger partial charge is 0.355 e. The Balaban J connectivity index is 1.82. The molecule has 4 nitrogen and oxygen atoms in total. The molecule has 1 unspecified atom stereocenters. The lowest BCUT2D eigenvalue weighted by molar-refractivity contribution is 0.354. The van der Waals surface area contributed by atoms with Crippen LogP contribution in [-0.2, 0) is 0 Å². The molecule has 96 valence electrons.